The smallest absolute Gasteiger partial charge is 0.252 e. The highest BCUT2D eigenvalue weighted by Crippen LogP contribution is 2.30. The molecule has 1 atom stereocenters. The Balaban J connectivity index is 2.05. The van der Waals surface area contributed by atoms with Crippen LogP contribution in [0, 0.1) is 0 Å². The zero-order chi connectivity index (χ0) is 21.5. The molecule has 1 heterocycles. The Hall–Kier alpha value is -3.09. The maximum Gasteiger partial charge on any atom is 0.252 e. The largest absolute Gasteiger partial charge is 0.324 e. The molecule has 2 aromatic carbocycles. The number of anilines is 2. The SMILES string of the molecule is C=CC(=O)N(c1ccc(SC)cc1)C(C(=O)Nc1ccc(Cl)cc1)c1cccnc1. The molecule has 1 N–H and O–H groups in total. The summed E-state index contributed by atoms with van der Waals surface area (Å²) in [6, 6.07) is 16.7. The molecule has 0 fully saturated rings. The summed E-state index contributed by atoms with van der Waals surface area (Å²) in [5, 5.41) is 3.43. The Morgan fingerprint density at radius 3 is 2.40 bits per heavy atom. The second-order valence-corrected chi connectivity index (χ2v) is 7.61. The molecule has 0 spiro atoms. The van der Waals surface area contributed by atoms with E-state index < -0.39 is 11.9 Å². The summed E-state index contributed by atoms with van der Waals surface area (Å²) >= 11 is 7.53. The Morgan fingerprint density at radius 1 is 1.13 bits per heavy atom. The van der Waals surface area contributed by atoms with E-state index in [0.29, 0.717) is 22.0 Å². The number of amides is 2. The van der Waals surface area contributed by atoms with E-state index in [1.807, 2.05) is 30.5 Å². The average Bonchev–Trinajstić information content (AvgIpc) is 2.79. The monoisotopic (exact) mass is 437 g/mol. The molecule has 3 rings (SSSR count). The van der Waals surface area contributed by atoms with Gasteiger partial charge >= 0.3 is 0 Å². The highest BCUT2D eigenvalue weighted by Gasteiger charge is 2.32. The molecular formula is C23H20ClN3O2S. The highest BCUT2D eigenvalue weighted by molar-refractivity contribution is 7.98. The number of hydrogen-bond donors (Lipinski definition) is 1. The standard InChI is InChI=1S/C23H20ClN3O2S/c1-3-21(28)27(19-10-12-20(30-2)13-11-19)22(16-5-4-14-25-15-16)23(29)26-18-8-6-17(24)7-9-18/h3-15,22H,1H2,2H3,(H,26,29). The molecule has 0 bridgehead atoms. The zero-order valence-electron chi connectivity index (χ0n) is 16.3. The second kappa shape index (κ2) is 10.1. The van der Waals surface area contributed by atoms with E-state index in [1.165, 1.54) is 11.0 Å². The first kappa shape index (κ1) is 21.6. The van der Waals surface area contributed by atoms with Crippen LogP contribution in [0.15, 0.2) is 90.6 Å². The highest BCUT2D eigenvalue weighted by atomic mass is 35.5. The van der Waals surface area contributed by atoms with Crippen LogP contribution in [0.5, 0.6) is 0 Å². The third kappa shape index (κ3) is 5.09. The number of nitrogens with one attached hydrogen (secondary N) is 1. The van der Waals surface area contributed by atoms with Crippen molar-refractivity contribution in [2.75, 3.05) is 16.5 Å². The van der Waals surface area contributed by atoms with Gasteiger partial charge in [0, 0.05) is 39.3 Å². The summed E-state index contributed by atoms with van der Waals surface area (Å²) in [7, 11) is 0. The minimum absolute atomic E-state index is 0.380. The molecule has 0 saturated carbocycles. The molecule has 30 heavy (non-hydrogen) atoms. The molecule has 0 aliphatic carbocycles. The first-order valence-corrected chi connectivity index (χ1v) is 10.7. The predicted octanol–water partition coefficient (Wildman–Crippen LogP) is 5.36. The molecule has 7 heteroatoms. The van der Waals surface area contributed by atoms with E-state index >= 15 is 0 Å². The molecule has 1 aromatic heterocycles. The van der Waals surface area contributed by atoms with Gasteiger partial charge in [0.2, 0.25) is 0 Å². The number of halogens is 1. The molecule has 152 valence electrons. The summed E-state index contributed by atoms with van der Waals surface area (Å²) in [5.41, 5.74) is 1.73. The number of carbonyl (C=O) groups excluding carboxylic acids is 2. The van der Waals surface area contributed by atoms with Crippen LogP contribution in [-0.4, -0.2) is 23.1 Å². The van der Waals surface area contributed by atoms with Crippen molar-refractivity contribution in [3.05, 3.63) is 96.3 Å². The fourth-order valence-electron chi connectivity index (χ4n) is 2.94. The second-order valence-electron chi connectivity index (χ2n) is 6.30. The molecular weight excluding hydrogens is 418 g/mol. The first-order chi connectivity index (χ1) is 14.5. The van der Waals surface area contributed by atoms with Crippen LogP contribution in [-0.2, 0) is 9.59 Å². The van der Waals surface area contributed by atoms with Gasteiger partial charge in [-0.05, 0) is 66.9 Å². The van der Waals surface area contributed by atoms with Crippen molar-refractivity contribution in [1.29, 1.82) is 0 Å². The zero-order valence-corrected chi connectivity index (χ0v) is 17.9. The van der Waals surface area contributed by atoms with Crippen molar-refractivity contribution in [2.45, 2.75) is 10.9 Å². The van der Waals surface area contributed by atoms with Gasteiger partial charge in [-0.3, -0.25) is 19.5 Å². The van der Waals surface area contributed by atoms with Gasteiger partial charge in [0.25, 0.3) is 11.8 Å². The average molecular weight is 438 g/mol. The summed E-state index contributed by atoms with van der Waals surface area (Å²) in [6.07, 6.45) is 6.36. The lowest BCUT2D eigenvalue weighted by Gasteiger charge is -2.30. The van der Waals surface area contributed by atoms with Crippen molar-refractivity contribution >= 4 is 46.6 Å². The molecule has 0 aliphatic rings. The van der Waals surface area contributed by atoms with Gasteiger partial charge in [0.15, 0.2) is 0 Å². The summed E-state index contributed by atoms with van der Waals surface area (Å²) in [6.45, 7) is 3.61. The summed E-state index contributed by atoms with van der Waals surface area (Å²) in [5.74, 6) is -0.776. The van der Waals surface area contributed by atoms with Gasteiger partial charge in [-0.15, -0.1) is 11.8 Å². The van der Waals surface area contributed by atoms with Crippen LogP contribution in [0.2, 0.25) is 5.02 Å². The van der Waals surface area contributed by atoms with Gasteiger partial charge in [0.1, 0.15) is 6.04 Å². The van der Waals surface area contributed by atoms with Crippen LogP contribution in [0.1, 0.15) is 11.6 Å². The van der Waals surface area contributed by atoms with Crippen molar-refractivity contribution in [3.8, 4) is 0 Å². The predicted molar refractivity (Wildman–Crippen MR) is 123 cm³/mol. The number of carbonyl (C=O) groups is 2. The van der Waals surface area contributed by atoms with Gasteiger partial charge in [-0.2, -0.15) is 0 Å². The fraction of sp³-hybridized carbons (Fsp3) is 0.0870. The van der Waals surface area contributed by atoms with Crippen LogP contribution >= 0.6 is 23.4 Å². The van der Waals surface area contributed by atoms with Crippen molar-refractivity contribution in [2.24, 2.45) is 0 Å². The lowest BCUT2D eigenvalue weighted by molar-refractivity contribution is -0.121. The fourth-order valence-corrected chi connectivity index (χ4v) is 3.48. The molecule has 3 aromatic rings. The number of pyridine rings is 1. The Kier molecular flexibility index (Phi) is 7.27. The van der Waals surface area contributed by atoms with Gasteiger partial charge in [0.05, 0.1) is 0 Å². The minimum atomic E-state index is -0.944. The van der Waals surface area contributed by atoms with E-state index in [2.05, 4.69) is 16.9 Å². The number of thioether (sulfide) groups is 1. The van der Waals surface area contributed by atoms with E-state index in [9.17, 15) is 9.59 Å². The van der Waals surface area contributed by atoms with Gasteiger partial charge in [-0.25, -0.2) is 0 Å². The Bertz CT molecular complexity index is 1020. The molecule has 0 aliphatic heterocycles. The molecule has 0 saturated heterocycles. The molecule has 5 nitrogen and oxygen atoms in total. The lowest BCUT2D eigenvalue weighted by atomic mass is 10.0. The van der Waals surface area contributed by atoms with Crippen LogP contribution < -0.4 is 10.2 Å². The number of aromatic nitrogens is 1. The van der Waals surface area contributed by atoms with E-state index in [-0.39, 0.29) is 5.91 Å². The number of hydrogen-bond acceptors (Lipinski definition) is 4. The third-order valence-corrected chi connectivity index (χ3v) is 5.38. The number of benzene rings is 2. The maximum absolute atomic E-state index is 13.4. The number of rotatable bonds is 7. The first-order valence-electron chi connectivity index (χ1n) is 9.09. The lowest BCUT2D eigenvalue weighted by Crippen LogP contribution is -2.40. The van der Waals surface area contributed by atoms with Crippen molar-refractivity contribution in [1.82, 2.24) is 4.98 Å². The molecule has 2 amide bonds. The van der Waals surface area contributed by atoms with Gasteiger partial charge in [-0.1, -0.05) is 24.2 Å². The van der Waals surface area contributed by atoms with Crippen LogP contribution in [0.3, 0.4) is 0 Å². The summed E-state index contributed by atoms with van der Waals surface area (Å²) in [4.78, 5) is 32.8. The Labute approximate surface area is 184 Å². The normalized spacial score (nSPS) is 11.4. The van der Waals surface area contributed by atoms with E-state index in [4.69, 9.17) is 11.6 Å². The van der Waals surface area contributed by atoms with E-state index in [0.717, 1.165) is 4.90 Å². The molecule has 1 unspecified atom stereocenters. The molecule has 0 radical (unpaired) electrons. The maximum atomic E-state index is 13.4. The quantitative estimate of drug-likeness (QED) is 0.399. The number of nitrogens with zero attached hydrogens (tertiary/aromatic N) is 2. The van der Waals surface area contributed by atoms with Crippen molar-refractivity contribution < 1.29 is 9.59 Å². The topological polar surface area (TPSA) is 62.3 Å². The summed E-state index contributed by atoms with van der Waals surface area (Å²) < 4.78 is 0. The minimum Gasteiger partial charge on any atom is -0.324 e. The van der Waals surface area contributed by atoms with Crippen LogP contribution in [0.4, 0.5) is 11.4 Å². The van der Waals surface area contributed by atoms with Crippen LogP contribution in [0.25, 0.3) is 0 Å². The van der Waals surface area contributed by atoms with Gasteiger partial charge < -0.3 is 5.32 Å². The Morgan fingerprint density at radius 2 is 1.83 bits per heavy atom. The third-order valence-electron chi connectivity index (χ3n) is 4.38. The van der Waals surface area contributed by atoms with Crippen molar-refractivity contribution in [3.63, 3.8) is 0 Å². The van der Waals surface area contributed by atoms with E-state index in [1.54, 1.807) is 60.6 Å².